The van der Waals surface area contributed by atoms with Crippen molar-refractivity contribution in [3.05, 3.63) is 53.0 Å². The lowest BCUT2D eigenvalue weighted by Crippen LogP contribution is -1.94. The van der Waals surface area contributed by atoms with Crippen LogP contribution in [0.4, 0.5) is 0 Å². The van der Waals surface area contributed by atoms with E-state index in [-0.39, 0.29) is 5.38 Å². The Morgan fingerprint density at radius 1 is 1.12 bits per heavy atom. The third kappa shape index (κ3) is 3.16. The van der Waals surface area contributed by atoms with Gasteiger partial charge in [0.2, 0.25) is 0 Å². The number of rotatable bonds is 2. The molecule has 0 amide bonds. The van der Waals surface area contributed by atoms with Crippen LogP contribution in [-0.4, -0.2) is 0 Å². The van der Waals surface area contributed by atoms with Crippen molar-refractivity contribution in [3.8, 4) is 0 Å². The van der Waals surface area contributed by atoms with Crippen molar-refractivity contribution >= 4 is 70.7 Å². The fourth-order valence-electron chi connectivity index (χ4n) is 1.53. The molecule has 0 nitrogen and oxygen atoms in total. The van der Waals surface area contributed by atoms with Gasteiger partial charge in [0.25, 0.3) is 0 Å². The molecule has 2 rings (SSSR count). The van der Waals surface area contributed by atoms with Crippen LogP contribution in [-0.2, 0) is 0 Å². The number of thiophene rings is 1. The van der Waals surface area contributed by atoms with Gasteiger partial charge in [0.15, 0.2) is 0 Å². The van der Waals surface area contributed by atoms with Crippen LogP contribution in [0.3, 0.4) is 0 Å². The lowest BCUT2D eigenvalue weighted by molar-refractivity contribution is 1.13. The van der Waals surface area contributed by atoms with Crippen molar-refractivity contribution in [3.63, 3.8) is 0 Å². The van der Waals surface area contributed by atoms with E-state index in [1.807, 2.05) is 0 Å². The zero-order chi connectivity index (χ0) is 12.6. The van der Waals surface area contributed by atoms with Gasteiger partial charge in [-0.3, -0.25) is 0 Å². The van der Waals surface area contributed by atoms with Gasteiger partial charge in [-0.1, -0.05) is 28.1 Å². The van der Waals surface area contributed by atoms with E-state index in [1.165, 1.54) is 5.56 Å². The summed E-state index contributed by atoms with van der Waals surface area (Å²) in [6, 6.07) is 8.28. The zero-order valence-electron chi connectivity index (χ0n) is 8.81. The minimum Gasteiger partial charge on any atom is -0.121 e. The van der Waals surface area contributed by atoms with E-state index in [0.717, 1.165) is 23.2 Å². The summed E-state index contributed by atoms with van der Waals surface area (Å²) in [6.45, 7) is 2.06. The molecule has 0 radical (unpaired) electrons. The summed E-state index contributed by atoms with van der Waals surface area (Å²) in [7, 11) is 0. The summed E-state index contributed by atoms with van der Waals surface area (Å²) in [5.41, 5.74) is 3.39. The summed E-state index contributed by atoms with van der Waals surface area (Å²) in [5, 5.41) is -0.151. The van der Waals surface area contributed by atoms with E-state index in [0.29, 0.717) is 0 Å². The van der Waals surface area contributed by atoms with Crippen LogP contribution in [0, 0.1) is 6.92 Å². The quantitative estimate of drug-likeness (QED) is 0.440. The number of aryl methyl sites for hydroxylation is 1. The van der Waals surface area contributed by atoms with Gasteiger partial charge in [-0.05, 0) is 62.0 Å². The number of hydrogen-bond donors (Lipinski definition) is 0. The molecular weight excluding hydrogens is 451 g/mol. The molecule has 0 bridgehead atoms. The topological polar surface area (TPSA) is 0 Å². The predicted molar refractivity (Wildman–Crippen MR) is 86.3 cm³/mol. The molecule has 17 heavy (non-hydrogen) atoms. The Balaban J connectivity index is 2.43. The van der Waals surface area contributed by atoms with E-state index in [9.17, 15) is 0 Å². The third-order valence-corrected chi connectivity index (χ3v) is 5.93. The summed E-state index contributed by atoms with van der Waals surface area (Å²) < 4.78 is 3.19. The second-order valence-corrected chi connectivity index (χ2v) is 8.71. The van der Waals surface area contributed by atoms with E-state index in [1.54, 1.807) is 11.3 Å². The molecule has 1 unspecified atom stereocenters. The van der Waals surface area contributed by atoms with Gasteiger partial charge in [-0.2, -0.15) is 0 Å². The average molecular weight is 459 g/mol. The first kappa shape index (κ1) is 14.1. The minimum atomic E-state index is -0.151. The number of benzene rings is 1. The van der Waals surface area contributed by atoms with Gasteiger partial charge < -0.3 is 0 Å². The van der Waals surface area contributed by atoms with Crippen molar-refractivity contribution in [2.75, 3.05) is 0 Å². The Morgan fingerprint density at radius 2 is 1.82 bits per heavy atom. The molecule has 0 fully saturated rings. The maximum atomic E-state index is 6.53. The van der Waals surface area contributed by atoms with E-state index >= 15 is 0 Å². The van der Waals surface area contributed by atoms with Gasteiger partial charge in [0, 0.05) is 10.0 Å². The number of alkyl halides is 1. The molecule has 90 valence electrons. The van der Waals surface area contributed by atoms with Crippen LogP contribution in [0.25, 0.3) is 0 Å². The smallest absolute Gasteiger partial charge is 0.0865 e. The molecule has 1 aromatic carbocycles. The van der Waals surface area contributed by atoms with Crippen LogP contribution in [0.15, 0.2) is 36.3 Å². The minimum absolute atomic E-state index is 0.151. The molecule has 0 aliphatic heterocycles. The molecule has 5 heteroatoms. The predicted octanol–water partition coefficient (Wildman–Crippen LogP) is 6.67. The fourth-order valence-corrected chi connectivity index (χ4v) is 5.85. The third-order valence-electron chi connectivity index (χ3n) is 2.39. The number of hydrogen-bond acceptors (Lipinski definition) is 1. The van der Waals surface area contributed by atoms with E-state index in [4.69, 9.17) is 11.6 Å². The highest BCUT2D eigenvalue weighted by Crippen LogP contribution is 2.42. The first-order valence-electron chi connectivity index (χ1n) is 4.84. The molecule has 0 saturated carbocycles. The summed E-state index contributed by atoms with van der Waals surface area (Å²) in [4.78, 5) is 0. The second kappa shape index (κ2) is 5.74. The largest absolute Gasteiger partial charge is 0.121 e. The van der Waals surface area contributed by atoms with Gasteiger partial charge in [0.1, 0.15) is 0 Å². The molecule has 0 saturated heterocycles. The monoisotopic (exact) mass is 456 g/mol. The van der Waals surface area contributed by atoms with Crippen molar-refractivity contribution in [2.24, 2.45) is 0 Å². The van der Waals surface area contributed by atoms with E-state index < -0.39 is 0 Å². The first-order chi connectivity index (χ1) is 7.99. The lowest BCUT2D eigenvalue weighted by Gasteiger charge is -2.12. The van der Waals surface area contributed by atoms with Gasteiger partial charge in [-0.25, -0.2) is 0 Å². The maximum absolute atomic E-state index is 6.53. The molecule has 0 N–H and O–H groups in total. The first-order valence-corrected chi connectivity index (χ1v) is 8.47. The highest BCUT2D eigenvalue weighted by atomic mass is 79.9. The second-order valence-electron chi connectivity index (χ2n) is 3.67. The zero-order valence-corrected chi connectivity index (χ0v) is 15.1. The molecule has 0 aliphatic rings. The van der Waals surface area contributed by atoms with Crippen LogP contribution in [0.2, 0.25) is 0 Å². The summed E-state index contributed by atoms with van der Waals surface area (Å²) in [5.74, 6) is 0. The SMILES string of the molecule is Cc1ccc(C(Cl)c2cc(Br)sc2Br)c(Br)c1. The Kier molecular flexibility index (Phi) is 4.75. The maximum Gasteiger partial charge on any atom is 0.0865 e. The Hall–Kier alpha value is 0.650. The van der Waals surface area contributed by atoms with Crippen molar-refractivity contribution in [1.82, 2.24) is 0 Å². The Labute approximate surface area is 135 Å². The lowest BCUT2D eigenvalue weighted by atomic mass is 10.1. The molecule has 1 heterocycles. The van der Waals surface area contributed by atoms with E-state index in [2.05, 4.69) is 79.0 Å². The highest BCUT2D eigenvalue weighted by Gasteiger charge is 2.18. The highest BCUT2D eigenvalue weighted by molar-refractivity contribution is 9.12. The van der Waals surface area contributed by atoms with Crippen LogP contribution < -0.4 is 0 Å². The summed E-state index contributed by atoms with van der Waals surface area (Å²) >= 11 is 18.8. The normalized spacial score (nSPS) is 12.8. The van der Waals surface area contributed by atoms with Crippen LogP contribution in [0.1, 0.15) is 22.1 Å². The molecule has 1 aromatic heterocycles. The van der Waals surface area contributed by atoms with Crippen molar-refractivity contribution in [2.45, 2.75) is 12.3 Å². The molecule has 0 aliphatic carbocycles. The van der Waals surface area contributed by atoms with Gasteiger partial charge in [-0.15, -0.1) is 22.9 Å². The Bertz CT molecular complexity index is 551. The fraction of sp³-hybridized carbons (Fsp3) is 0.167. The number of halogens is 4. The standard InChI is InChI=1S/C12H8Br3ClS/c1-6-2-3-7(9(13)4-6)11(16)8-5-10(14)17-12(8)15/h2-5,11H,1H3. The van der Waals surface area contributed by atoms with Crippen molar-refractivity contribution < 1.29 is 0 Å². The van der Waals surface area contributed by atoms with Gasteiger partial charge >= 0.3 is 0 Å². The average Bonchev–Trinajstić information content (AvgIpc) is 2.57. The molecular formula is C12H8Br3ClS. The summed E-state index contributed by atoms with van der Waals surface area (Å²) in [6.07, 6.45) is 0. The molecule has 0 spiro atoms. The Morgan fingerprint density at radius 3 is 2.35 bits per heavy atom. The van der Waals surface area contributed by atoms with Crippen LogP contribution >= 0.6 is 70.7 Å². The van der Waals surface area contributed by atoms with Gasteiger partial charge in [0.05, 0.1) is 12.9 Å². The van der Waals surface area contributed by atoms with Crippen molar-refractivity contribution in [1.29, 1.82) is 0 Å². The molecule has 2 aromatic rings. The van der Waals surface area contributed by atoms with Crippen LogP contribution in [0.5, 0.6) is 0 Å². The molecule has 1 atom stereocenters.